The summed E-state index contributed by atoms with van der Waals surface area (Å²) in [5, 5.41) is 12.9. The highest BCUT2D eigenvalue weighted by Gasteiger charge is 2.55. The lowest BCUT2D eigenvalue weighted by atomic mass is 9.99. The van der Waals surface area contributed by atoms with Crippen molar-refractivity contribution in [3.05, 3.63) is 11.2 Å². The lowest BCUT2D eigenvalue weighted by Gasteiger charge is -2.35. The van der Waals surface area contributed by atoms with Crippen molar-refractivity contribution in [3.63, 3.8) is 0 Å². The van der Waals surface area contributed by atoms with Gasteiger partial charge in [0.1, 0.15) is 41.5 Å². The highest BCUT2D eigenvalue weighted by molar-refractivity contribution is 7.47. The van der Waals surface area contributed by atoms with E-state index in [1.807, 2.05) is 0 Å². The Morgan fingerprint density at radius 2 is 1.84 bits per heavy atom. The summed E-state index contributed by atoms with van der Waals surface area (Å²) in [6.45, 7) is -0.239. The van der Waals surface area contributed by atoms with E-state index in [0.717, 1.165) is 11.5 Å². The molecular weight excluding hydrogens is 662 g/mol. The molecule has 7 heterocycles. The number of nitrogens with two attached hydrogens (primary N) is 1. The molecule has 2 aromatic rings. The second-order valence-electron chi connectivity index (χ2n) is 10.8. The Bertz CT molecular complexity index is 1660. The number of amidine groups is 1. The minimum atomic E-state index is -4.93. The normalized spacial score (nSPS) is 42.0. The van der Waals surface area contributed by atoms with Gasteiger partial charge in [0.05, 0.1) is 43.2 Å². The maximum Gasteiger partial charge on any atom is 0.472 e. The van der Waals surface area contributed by atoms with Crippen LogP contribution in [0, 0.1) is 5.92 Å². The first-order valence-electron chi connectivity index (χ1n) is 13.7. The van der Waals surface area contributed by atoms with Crippen LogP contribution in [0.2, 0.25) is 0 Å². The van der Waals surface area contributed by atoms with Crippen LogP contribution in [0.25, 0.3) is 11.0 Å². The van der Waals surface area contributed by atoms with Crippen LogP contribution in [0.4, 0.5) is 5.82 Å². The van der Waals surface area contributed by atoms with Crippen LogP contribution in [0.3, 0.4) is 0 Å². The number of aliphatic imine (C=N–C) groups is 2. The topological polar surface area (TPSA) is 272 Å². The molecule has 0 radical (unpaired) electrons. The van der Waals surface area contributed by atoms with Gasteiger partial charge >= 0.3 is 15.6 Å². The fraction of sp³-hybridized carbons (Fsp3) is 0.636. The predicted molar refractivity (Wildman–Crippen MR) is 152 cm³/mol. The summed E-state index contributed by atoms with van der Waals surface area (Å²) >= 11 is 1.04. The molecule has 5 aliphatic rings. The first-order chi connectivity index (χ1) is 21.4. The average Bonchev–Trinajstić information content (AvgIpc) is 3.74. The molecule has 3 fully saturated rings. The van der Waals surface area contributed by atoms with Crippen LogP contribution in [-0.4, -0.2) is 115 Å². The lowest BCUT2D eigenvalue weighted by Crippen LogP contribution is -2.55. The zero-order valence-electron chi connectivity index (χ0n) is 23.3. The number of amides is 1. The molecule has 7 rings (SSSR count). The van der Waals surface area contributed by atoms with Gasteiger partial charge in [0.25, 0.3) is 5.91 Å². The minimum Gasteiger partial charge on any atom is -0.396 e. The number of carbonyl (C=O) groups excluding carboxylic acids is 1. The number of nitrogens with zero attached hydrogens (tertiary/aromatic N) is 6. The van der Waals surface area contributed by atoms with Gasteiger partial charge in [-0.25, -0.2) is 24.1 Å². The van der Waals surface area contributed by atoms with Gasteiger partial charge in [0.15, 0.2) is 24.3 Å². The number of carbonyl (C=O) groups is 1. The van der Waals surface area contributed by atoms with E-state index in [4.69, 9.17) is 33.3 Å². The van der Waals surface area contributed by atoms with E-state index in [0.29, 0.717) is 21.7 Å². The molecule has 0 aromatic carbocycles. The Hall–Kier alpha value is -2.52. The summed E-state index contributed by atoms with van der Waals surface area (Å²) in [6, 6.07) is -0.933. The second-order valence-corrected chi connectivity index (χ2v) is 14.4. The fourth-order valence-corrected chi connectivity index (χ4v) is 8.71. The Morgan fingerprint density at radius 3 is 2.62 bits per heavy atom. The largest absolute Gasteiger partial charge is 0.472 e. The maximum absolute atomic E-state index is 13.4. The van der Waals surface area contributed by atoms with Crippen molar-refractivity contribution >= 4 is 62.1 Å². The third-order valence-electron chi connectivity index (χ3n) is 7.99. The molecule has 11 atom stereocenters. The van der Waals surface area contributed by atoms with Crippen molar-refractivity contribution in [2.45, 2.75) is 62.3 Å². The Balaban J connectivity index is 1.16. The first-order valence-corrected chi connectivity index (χ1v) is 17.4. The number of hydrogen-bond donors (Lipinski definition) is 5. The standard InChI is InChI=1S/C22H28N8O12P2S/c1-8-27-20-16(21(32)28-8)26-7-30(20)22-17-9(3-31)12(40-22)4-37-43(33,34)41-10-2-11(39-13(10)5-38-44(35,36)42-17)18-14-15(29-45-18)19(23)25-6-24-14/h6-7,9-13,16-17,20,22,31H,2-5H2,1H3,(H,33,34)(H,35,36)(H2,23,24,25)(H,27,28,32)/t9-,10+,11-,12-,13-,16?,17-,20?,22-/m1/s1. The van der Waals surface area contributed by atoms with E-state index in [1.54, 1.807) is 6.92 Å². The number of nitrogen functional groups attached to an aromatic ring is 1. The van der Waals surface area contributed by atoms with Gasteiger partial charge in [-0.1, -0.05) is 0 Å². The van der Waals surface area contributed by atoms with Crippen LogP contribution in [0.1, 0.15) is 24.3 Å². The molecule has 3 saturated heterocycles. The van der Waals surface area contributed by atoms with Gasteiger partial charge in [-0.05, 0) is 18.5 Å². The zero-order chi connectivity index (χ0) is 31.7. The quantitative estimate of drug-likeness (QED) is 0.252. The van der Waals surface area contributed by atoms with Crippen molar-refractivity contribution in [3.8, 4) is 0 Å². The molecule has 2 bridgehead atoms. The number of nitrogens with one attached hydrogen (secondary N) is 1. The number of phosphoric acid groups is 2. The Labute approximate surface area is 257 Å². The van der Waals surface area contributed by atoms with Crippen molar-refractivity contribution in [1.82, 2.24) is 24.6 Å². The van der Waals surface area contributed by atoms with Gasteiger partial charge in [-0.2, -0.15) is 4.37 Å². The summed E-state index contributed by atoms with van der Waals surface area (Å²) in [6.07, 6.45) is -5.10. The fourth-order valence-electron chi connectivity index (χ4n) is 5.91. The van der Waals surface area contributed by atoms with Crippen molar-refractivity contribution in [2.24, 2.45) is 15.9 Å². The molecule has 0 spiro atoms. The van der Waals surface area contributed by atoms with Crippen LogP contribution < -0.4 is 11.1 Å². The monoisotopic (exact) mass is 690 g/mol. The van der Waals surface area contributed by atoms with Gasteiger partial charge in [-0.3, -0.25) is 27.9 Å². The molecule has 4 unspecified atom stereocenters. The molecule has 2 aromatic heterocycles. The molecule has 20 nitrogen and oxygen atoms in total. The summed E-state index contributed by atoms with van der Waals surface area (Å²) in [7, 11) is -9.74. The minimum absolute atomic E-state index is 0.00792. The van der Waals surface area contributed by atoms with E-state index in [9.17, 15) is 28.8 Å². The van der Waals surface area contributed by atoms with E-state index in [-0.39, 0.29) is 12.2 Å². The number of aromatic nitrogens is 3. The van der Waals surface area contributed by atoms with Gasteiger partial charge in [0.2, 0.25) is 0 Å². The van der Waals surface area contributed by atoms with Gasteiger partial charge < -0.3 is 40.3 Å². The van der Waals surface area contributed by atoms with E-state index < -0.39 is 96.2 Å². The molecule has 0 aliphatic carbocycles. The molecule has 244 valence electrons. The third kappa shape index (κ3) is 5.81. The van der Waals surface area contributed by atoms with E-state index >= 15 is 0 Å². The second kappa shape index (κ2) is 11.6. The predicted octanol–water partition coefficient (Wildman–Crippen LogP) is -0.563. The van der Waals surface area contributed by atoms with Crippen molar-refractivity contribution in [2.75, 3.05) is 25.6 Å². The summed E-state index contributed by atoms with van der Waals surface area (Å²) in [5.74, 6) is -0.989. The SMILES string of the molecule is CC1=NC2C(N=CN2[C@@H]2O[C@@H]3COP(=O)(O)O[C@H]4C[C@H](c5snc6c(N)ncnc56)O[C@@H]4COP(=O)(O)O[C@@H]2[C@@H]3CO)C(=O)N1. The number of rotatable bonds is 3. The molecule has 0 saturated carbocycles. The Morgan fingerprint density at radius 1 is 1.09 bits per heavy atom. The van der Waals surface area contributed by atoms with Crippen molar-refractivity contribution in [1.29, 1.82) is 0 Å². The van der Waals surface area contributed by atoms with Crippen LogP contribution in [0.5, 0.6) is 0 Å². The summed E-state index contributed by atoms with van der Waals surface area (Å²) in [5.41, 5.74) is 6.68. The van der Waals surface area contributed by atoms with Crippen molar-refractivity contribution < 1.29 is 56.4 Å². The maximum atomic E-state index is 13.4. The molecule has 1 amide bonds. The van der Waals surface area contributed by atoms with Crippen LogP contribution >= 0.6 is 27.2 Å². The summed E-state index contributed by atoms with van der Waals surface area (Å²) < 4.78 is 64.6. The third-order valence-corrected chi connectivity index (χ3v) is 10.9. The molecular formula is C22H28N8O12P2S. The smallest absolute Gasteiger partial charge is 0.396 e. The van der Waals surface area contributed by atoms with E-state index in [1.165, 1.54) is 17.6 Å². The number of hydrogen-bond acceptors (Lipinski definition) is 18. The van der Waals surface area contributed by atoms with Crippen LogP contribution in [0.15, 0.2) is 16.3 Å². The van der Waals surface area contributed by atoms with Gasteiger partial charge in [0, 0.05) is 12.3 Å². The van der Waals surface area contributed by atoms with Crippen LogP contribution in [-0.2, 0) is 41.5 Å². The van der Waals surface area contributed by atoms with Gasteiger partial charge in [-0.15, -0.1) is 0 Å². The number of ether oxygens (including phenoxy) is 2. The average molecular weight is 691 g/mol. The highest BCUT2D eigenvalue weighted by atomic mass is 32.1. The molecule has 6 N–H and O–H groups in total. The lowest BCUT2D eigenvalue weighted by molar-refractivity contribution is -0.124. The highest BCUT2D eigenvalue weighted by Crippen LogP contribution is 2.54. The number of anilines is 1. The number of aliphatic hydroxyl groups is 1. The zero-order valence-corrected chi connectivity index (χ0v) is 25.9. The number of phosphoric ester groups is 2. The Kier molecular flexibility index (Phi) is 8.03. The summed E-state index contributed by atoms with van der Waals surface area (Å²) in [4.78, 5) is 52.7. The molecule has 23 heteroatoms. The first kappa shape index (κ1) is 31.1. The molecule has 45 heavy (non-hydrogen) atoms. The van der Waals surface area contributed by atoms with E-state index in [2.05, 4.69) is 29.6 Å². The molecule has 5 aliphatic heterocycles. The number of aliphatic hydroxyl groups excluding tert-OH is 1. The number of fused-ring (bicyclic) bond motifs is 5.